The van der Waals surface area contributed by atoms with Gasteiger partial charge in [-0.3, -0.25) is 18.9 Å². The van der Waals surface area contributed by atoms with Crippen LogP contribution in [0.4, 0.5) is 5.95 Å². The number of nitrogens with one attached hydrogen (secondary N) is 1. The van der Waals surface area contributed by atoms with Gasteiger partial charge in [0, 0.05) is 0 Å². The Kier molecular flexibility index (Phi) is 7.70. The number of phosphoric ester groups is 1. The number of aliphatic hydroxyl groups is 2. The number of hydrogen-bond donors (Lipinski definition) is 8. The zero-order chi connectivity index (χ0) is 27.3. The third kappa shape index (κ3) is 5.93. The second kappa shape index (κ2) is 9.71. The number of nitrogens with zero attached hydrogens (tertiary/aromatic N) is 3. The molecule has 19 nitrogen and oxygen atoms in total. The summed E-state index contributed by atoms with van der Waals surface area (Å²) in [5.74, 6) is 4.42. The highest BCUT2D eigenvalue weighted by Crippen LogP contribution is 2.66. The zero-order valence-electron chi connectivity index (χ0n) is 18.1. The lowest BCUT2D eigenvalue weighted by Crippen LogP contribution is -2.47. The Morgan fingerprint density at radius 3 is 2.47 bits per heavy atom. The smallest absolute Gasteiger partial charge is 0.386 e. The predicted molar refractivity (Wildman–Crippen MR) is 115 cm³/mol. The maximum atomic E-state index is 12.2. The number of aliphatic hydroxyl groups excluding tert-OH is 1. The average molecular weight is 575 g/mol. The van der Waals surface area contributed by atoms with E-state index in [2.05, 4.69) is 39.9 Å². The molecule has 0 aromatic carbocycles. The van der Waals surface area contributed by atoms with E-state index in [0.29, 0.717) is 0 Å². The fourth-order valence-corrected chi connectivity index (χ4v) is 6.59. The van der Waals surface area contributed by atoms with E-state index in [0.717, 1.165) is 17.8 Å². The fourth-order valence-electron chi connectivity index (χ4n) is 3.39. The van der Waals surface area contributed by atoms with Crippen molar-refractivity contribution in [3.63, 3.8) is 0 Å². The van der Waals surface area contributed by atoms with Gasteiger partial charge in [-0.05, 0) is 13.8 Å². The molecule has 1 aliphatic rings. The fraction of sp³-hybridized carbons (Fsp3) is 0.500. The van der Waals surface area contributed by atoms with Crippen LogP contribution >= 0.6 is 23.5 Å². The van der Waals surface area contributed by atoms with Crippen molar-refractivity contribution in [3.8, 4) is 11.8 Å². The summed E-state index contributed by atoms with van der Waals surface area (Å²) < 4.78 is 53.1. The van der Waals surface area contributed by atoms with E-state index in [1.165, 1.54) is 6.92 Å². The number of nitrogens with two attached hydrogens (primary N) is 1. The molecule has 3 rings (SSSR count). The first-order chi connectivity index (χ1) is 16.4. The molecule has 0 saturated carbocycles. The minimum absolute atomic E-state index is 0.175. The normalized spacial score (nSPS) is 28.7. The molecule has 36 heavy (non-hydrogen) atoms. The molecule has 1 aliphatic heterocycles. The van der Waals surface area contributed by atoms with Crippen LogP contribution < -0.4 is 11.3 Å². The summed E-state index contributed by atoms with van der Waals surface area (Å²) in [5, 5.41) is 22.0. The summed E-state index contributed by atoms with van der Waals surface area (Å²) in [7, 11) is -17.0. The lowest BCUT2D eigenvalue weighted by molar-refractivity contribution is -0.0831. The number of anilines is 1. The topological polar surface area (TPSA) is 299 Å². The Labute approximate surface area is 200 Å². The van der Waals surface area contributed by atoms with Crippen molar-refractivity contribution in [2.24, 2.45) is 0 Å². The number of nitrogen functional groups attached to an aromatic ring is 1. The number of aromatic nitrogens is 4. The Balaban J connectivity index is 1.92. The van der Waals surface area contributed by atoms with Crippen molar-refractivity contribution >= 4 is 40.6 Å². The molecule has 0 amide bonds. The van der Waals surface area contributed by atoms with Crippen molar-refractivity contribution in [1.82, 2.24) is 19.5 Å². The first-order valence-electron chi connectivity index (χ1n) is 9.43. The summed E-state index contributed by atoms with van der Waals surface area (Å²) in [6, 6.07) is 0. The number of hydrogen-bond acceptors (Lipinski definition) is 13. The highest BCUT2D eigenvalue weighted by atomic mass is 31.3. The Morgan fingerprint density at radius 2 is 1.89 bits per heavy atom. The van der Waals surface area contributed by atoms with Crippen LogP contribution in [0, 0.1) is 11.8 Å². The van der Waals surface area contributed by atoms with Crippen molar-refractivity contribution in [1.29, 1.82) is 0 Å². The third-order valence-electron chi connectivity index (χ3n) is 4.63. The van der Waals surface area contributed by atoms with E-state index in [1.54, 1.807) is 0 Å². The van der Waals surface area contributed by atoms with Gasteiger partial charge in [0.15, 0.2) is 23.0 Å². The Bertz CT molecular complexity index is 1430. The van der Waals surface area contributed by atoms with E-state index < -0.39 is 59.2 Å². The highest BCUT2D eigenvalue weighted by molar-refractivity contribution is 7.66. The molecule has 1 fully saturated rings. The number of ether oxygens (including phenoxy) is 1. The SMILES string of the molecule is CC#CC1(O)[C@@H](O)[C@@H]([C@H](C)OP(=O)(O)OP(=O)(O)OP(=O)(O)O)O[C@H]1n1cnc2c(=O)[nH]c(N)nc21. The van der Waals surface area contributed by atoms with Crippen molar-refractivity contribution in [2.75, 3.05) is 5.73 Å². The molecule has 7 atom stereocenters. The summed E-state index contributed by atoms with van der Waals surface area (Å²) in [5.41, 5.74) is 2.00. The highest BCUT2D eigenvalue weighted by Gasteiger charge is 2.58. The molecule has 2 aromatic heterocycles. The number of rotatable bonds is 8. The van der Waals surface area contributed by atoms with E-state index >= 15 is 0 Å². The standard InChI is InChI=1S/C14H20N5O14P3/c1-3-4-14(22)9(20)8(6(2)31-35(26,27)33-36(28,29)32-34(23,24)25)30-12(14)19-5-16-7-10(19)17-13(15)18-11(7)21/h5-6,8-9,12,20,22H,1-2H3,(H,26,27)(H,28,29)(H2,23,24,25)(H3,15,17,18,21)/t6-,8+,9-,12+,14?/m0/s1. The molecular formula is C14H20N5O14P3. The Morgan fingerprint density at radius 1 is 1.25 bits per heavy atom. The van der Waals surface area contributed by atoms with Crippen molar-refractivity contribution < 1.29 is 61.4 Å². The van der Waals surface area contributed by atoms with E-state index in [1.807, 2.05) is 0 Å². The van der Waals surface area contributed by atoms with Gasteiger partial charge in [-0.2, -0.15) is 13.6 Å². The van der Waals surface area contributed by atoms with Gasteiger partial charge in [-0.15, -0.1) is 5.92 Å². The quantitative estimate of drug-likeness (QED) is 0.130. The van der Waals surface area contributed by atoms with Gasteiger partial charge >= 0.3 is 23.5 Å². The number of fused-ring (bicyclic) bond motifs is 1. The van der Waals surface area contributed by atoms with Crippen LogP contribution in [0.2, 0.25) is 0 Å². The minimum atomic E-state index is -5.80. The van der Waals surface area contributed by atoms with Crippen LogP contribution in [0.15, 0.2) is 11.1 Å². The molecular weight excluding hydrogens is 555 g/mol. The molecule has 3 heterocycles. The average Bonchev–Trinajstić information content (AvgIpc) is 3.18. The summed E-state index contributed by atoms with van der Waals surface area (Å²) >= 11 is 0. The van der Waals surface area contributed by atoms with Crippen LogP contribution in [0.1, 0.15) is 20.1 Å². The van der Waals surface area contributed by atoms with Crippen LogP contribution in [-0.2, 0) is 31.6 Å². The molecule has 9 N–H and O–H groups in total. The van der Waals surface area contributed by atoms with Gasteiger partial charge in [0.1, 0.15) is 12.2 Å². The van der Waals surface area contributed by atoms with Gasteiger partial charge in [0.05, 0.1) is 12.4 Å². The molecule has 3 unspecified atom stereocenters. The second-order valence-corrected chi connectivity index (χ2v) is 11.6. The number of aromatic amines is 1. The number of imidazole rings is 1. The summed E-state index contributed by atoms with van der Waals surface area (Å²) in [6.07, 6.45) is -5.99. The zero-order valence-corrected chi connectivity index (χ0v) is 20.8. The minimum Gasteiger partial charge on any atom is -0.386 e. The molecule has 0 aliphatic carbocycles. The number of H-pyrrole nitrogens is 1. The molecule has 0 radical (unpaired) electrons. The predicted octanol–water partition coefficient (Wildman–Crippen LogP) is -1.55. The summed E-state index contributed by atoms with van der Waals surface area (Å²) in [4.78, 5) is 58.4. The monoisotopic (exact) mass is 575 g/mol. The van der Waals surface area contributed by atoms with Crippen LogP contribution in [-0.4, -0.2) is 73.2 Å². The second-order valence-electron chi connectivity index (χ2n) is 7.27. The van der Waals surface area contributed by atoms with Crippen LogP contribution in [0.25, 0.3) is 11.2 Å². The van der Waals surface area contributed by atoms with E-state index in [4.69, 9.17) is 20.3 Å². The van der Waals surface area contributed by atoms with Gasteiger partial charge in [0.25, 0.3) is 5.56 Å². The molecule has 0 bridgehead atoms. The van der Waals surface area contributed by atoms with Crippen molar-refractivity contribution in [3.05, 3.63) is 16.7 Å². The lowest BCUT2D eigenvalue weighted by atomic mass is 9.93. The van der Waals surface area contributed by atoms with Crippen LogP contribution in [0.5, 0.6) is 0 Å². The van der Waals surface area contributed by atoms with Crippen molar-refractivity contribution in [2.45, 2.75) is 44.0 Å². The molecule has 200 valence electrons. The largest absolute Gasteiger partial charge is 0.490 e. The lowest BCUT2D eigenvalue weighted by Gasteiger charge is -2.27. The molecule has 22 heteroatoms. The summed E-state index contributed by atoms with van der Waals surface area (Å²) in [6.45, 7) is 2.35. The first kappa shape index (κ1) is 28.6. The number of phosphoric acid groups is 3. The van der Waals surface area contributed by atoms with Gasteiger partial charge in [0.2, 0.25) is 5.95 Å². The molecule has 1 saturated heterocycles. The van der Waals surface area contributed by atoms with E-state index in [9.17, 15) is 38.5 Å². The third-order valence-corrected chi connectivity index (χ3v) is 8.56. The maximum Gasteiger partial charge on any atom is 0.490 e. The van der Waals surface area contributed by atoms with Gasteiger partial charge < -0.3 is 40.3 Å². The van der Waals surface area contributed by atoms with E-state index in [-0.39, 0.29) is 17.1 Å². The molecule has 0 spiro atoms. The van der Waals surface area contributed by atoms with Gasteiger partial charge in [-0.1, -0.05) is 5.92 Å². The molecule has 2 aromatic rings. The maximum absolute atomic E-state index is 12.2. The van der Waals surface area contributed by atoms with Crippen LogP contribution in [0.3, 0.4) is 0 Å². The first-order valence-corrected chi connectivity index (χ1v) is 14.0. The Hall–Kier alpha value is -2.00. The van der Waals surface area contributed by atoms with Gasteiger partial charge in [-0.25, -0.2) is 18.7 Å².